The monoisotopic (exact) mass is 266 g/mol. The molecular weight excluding hydrogens is 244 g/mol. The molecule has 19 heavy (non-hydrogen) atoms. The Hall–Kier alpha value is -1.75. The Morgan fingerprint density at radius 3 is 2.68 bits per heavy atom. The van der Waals surface area contributed by atoms with Crippen LogP contribution in [0.2, 0.25) is 0 Å². The molecule has 106 valence electrons. The number of hydrogen-bond acceptors (Lipinski definition) is 4. The van der Waals surface area contributed by atoms with Gasteiger partial charge in [0.05, 0.1) is 18.3 Å². The number of nitrogens with two attached hydrogens (primary N) is 1. The summed E-state index contributed by atoms with van der Waals surface area (Å²) in [6.07, 6.45) is 0. The van der Waals surface area contributed by atoms with Gasteiger partial charge in [0.15, 0.2) is 0 Å². The summed E-state index contributed by atoms with van der Waals surface area (Å²) in [7, 11) is 0. The average molecular weight is 266 g/mol. The van der Waals surface area contributed by atoms with Gasteiger partial charge < -0.3 is 20.9 Å². The van der Waals surface area contributed by atoms with Gasteiger partial charge in [-0.05, 0) is 31.0 Å². The number of carbonyl (C=O) groups is 1. The molecule has 1 rings (SSSR count). The van der Waals surface area contributed by atoms with Gasteiger partial charge in [-0.2, -0.15) is 0 Å². The number of phenols is 1. The molecule has 0 saturated carbocycles. The molecule has 0 aliphatic heterocycles. The third-order valence-electron chi connectivity index (χ3n) is 2.92. The predicted octanol–water partition coefficient (Wildman–Crippen LogP) is 1.77. The zero-order valence-corrected chi connectivity index (χ0v) is 11.6. The highest BCUT2D eigenvalue weighted by Gasteiger charge is 2.17. The maximum atomic E-state index is 12.1. The largest absolute Gasteiger partial charge is 0.506 e. The van der Waals surface area contributed by atoms with Gasteiger partial charge in [0, 0.05) is 12.2 Å². The molecule has 5 nitrogen and oxygen atoms in total. The molecule has 0 aromatic heterocycles. The van der Waals surface area contributed by atoms with Gasteiger partial charge in [0.1, 0.15) is 5.75 Å². The summed E-state index contributed by atoms with van der Waals surface area (Å²) in [6.45, 7) is 7.04. The molecule has 1 aromatic rings. The molecule has 0 aliphatic carbocycles. The van der Waals surface area contributed by atoms with Gasteiger partial charge in [0.2, 0.25) is 0 Å². The van der Waals surface area contributed by atoms with E-state index in [0.717, 1.165) is 0 Å². The summed E-state index contributed by atoms with van der Waals surface area (Å²) < 4.78 is 5.35. The number of nitrogens with one attached hydrogen (secondary N) is 1. The number of aromatic hydroxyl groups is 1. The van der Waals surface area contributed by atoms with E-state index in [-0.39, 0.29) is 29.3 Å². The van der Waals surface area contributed by atoms with Gasteiger partial charge in [-0.15, -0.1) is 0 Å². The van der Waals surface area contributed by atoms with E-state index in [9.17, 15) is 9.90 Å². The van der Waals surface area contributed by atoms with Crippen LogP contribution in [0.1, 0.15) is 31.1 Å². The number of anilines is 1. The molecule has 1 atom stereocenters. The Morgan fingerprint density at radius 2 is 2.16 bits per heavy atom. The van der Waals surface area contributed by atoms with Gasteiger partial charge in [-0.3, -0.25) is 4.79 Å². The van der Waals surface area contributed by atoms with Crippen molar-refractivity contribution in [1.82, 2.24) is 5.32 Å². The average Bonchev–Trinajstić information content (AvgIpc) is 2.37. The van der Waals surface area contributed by atoms with Crippen molar-refractivity contribution in [1.29, 1.82) is 0 Å². The molecule has 0 radical (unpaired) electrons. The number of hydrogen-bond donors (Lipinski definition) is 3. The van der Waals surface area contributed by atoms with Crippen LogP contribution in [0.4, 0.5) is 5.69 Å². The minimum Gasteiger partial charge on any atom is -0.506 e. The second-order valence-electron chi connectivity index (χ2n) is 4.76. The Kier molecular flexibility index (Phi) is 5.63. The van der Waals surface area contributed by atoms with Crippen LogP contribution >= 0.6 is 0 Å². The molecule has 1 unspecified atom stereocenters. The molecule has 0 spiro atoms. The number of nitrogen functional groups attached to an aromatic ring is 1. The Balaban J connectivity index is 2.73. The van der Waals surface area contributed by atoms with Gasteiger partial charge >= 0.3 is 0 Å². The van der Waals surface area contributed by atoms with Crippen LogP contribution in [0.5, 0.6) is 5.75 Å². The minimum absolute atomic E-state index is 0.0628. The van der Waals surface area contributed by atoms with Crippen molar-refractivity contribution in [2.45, 2.75) is 26.8 Å². The first-order valence-corrected chi connectivity index (χ1v) is 6.42. The maximum absolute atomic E-state index is 12.1. The first-order valence-electron chi connectivity index (χ1n) is 6.42. The van der Waals surface area contributed by atoms with Crippen LogP contribution in [0.3, 0.4) is 0 Å². The highest BCUT2D eigenvalue weighted by atomic mass is 16.5. The second kappa shape index (κ2) is 6.99. The highest BCUT2D eigenvalue weighted by molar-refractivity contribution is 5.95. The van der Waals surface area contributed by atoms with Crippen molar-refractivity contribution < 1.29 is 14.6 Å². The lowest BCUT2D eigenvalue weighted by Crippen LogP contribution is -2.41. The smallest absolute Gasteiger partial charge is 0.251 e. The summed E-state index contributed by atoms with van der Waals surface area (Å²) in [5, 5.41) is 12.4. The van der Waals surface area contributed by atoms with Crippen LogP contribution in [0, 0.1) is 5.92 Å². The Labute approximate surface area is 113 Å². The van der Waals surface area contributed by atoms with E-state index in [1.807, 2.05) is 20.8 Å². The van der Waals surface area contributed by atoms with E-state index in [1.54, 1.807) is 6.07 Å². The summed E-state index contributed by atoms with van der Waals surface area (Å²) in [4.78, 5) is 12.1. The van der Waals surface area contributed by atoms with E-state index < -0.39 is 0 Å². The fourth-order valence-corrected chi connectivity index (χ4v) is 1.58. The normalized spacial score (nSPS) is 12.4. The lowest BCUT2D eigenvalue weighted by molar-refractivity contribution is 0.0806. The maximum Gasteiger partial charge on any atom is 0.251 e. The lowest BCUT2D eigenvalue weighted by atomic mass is 10.0. The van der Waals surface area contributed by atoms with E-state index in [2.05, 4.69) is 5.32 Å². The molecule has 0 fully saturated rings. The molecule has 0 saturated heterocycles. The topological polar surface area (TPSA) is 84.6 Å². The number of ether oxygens (including phenoxy) is 1. The van der Waals surface area contributed by atoms with Crippen molar-refractivity contribution in [3.05, 3.63) is 23.8 Å². The molecule has 0 aliphatic rings. The number of amides is 1. The molecule has 0 bridgehead atoms. The molecule has 0 heterocycles. The molecular formula is C14H22N2O3. The first kappa shape index (κ1) is 15.3. The number of carbonyl (C=O) groups excluding carboxylic acids is 1. The van der Waals surface area contributed by atoms with Crippen molar-refractivity contribution in [3.8, 4) is 5.75 Å². The summed E-state index contributed by atoms with van der Waals surface area (Å²) in [5.74, 6) is -0.0647. The molecule has 1 amide bonds. The van der Waals surface area contributed by atoms with Crippen LogP contribution in [0.25, 0.3) is 0 Å². The van der Waals surface area contributed by atoms with Crippen LogP contribution in [-0.4, -0.2) is 30.3 Å². The summed E-state index contributed by atoms with van der Waals surface area (Å²) in [5.41, 5.74) is 6.14. The minimum atomic E-state index is -0.242. The number of rotatable bonds is 6. The number of phenolic OH excluding ortho intramolecular Hbond substituents is 1. The van der Waals surface area contributed by atoms with E-state index >= 15 is 0 Å². The van der Waals surface area contributed by atoms with Crippen LogP contribution < -0.4 is 11.1 Å². The van der Waals surface area contributed by atoms with Gasteiger partial charge in [0.25, 0.3) is 5.91 Å². The SMILES string of the molecule is CCOCC(NC(=O)c1ccc(N)c(O)c1)C(C)C. The first-order chi connectivity index (χ1) is 8.95. The lowest BCUT2D eigenvalue weighted by Gasteiger charge is -2.22. The predicted molar refractivity (Wildman–Crippen MR) is 75.1 cm³/mol. The quantitative estimate of drug-likeness (QED) is 0.541. The Bertz CT molecular complexity index is 433. The van der Waals surface area contributed by atoms with E-state index in [4.69, 9.17) is 10.5 Å². The van der Waals surface area contributed by atoms with Crippen molar-refractivity contribution in [2.75, 3.05) is 18.9 Å². The molecule has 5 heteroatoms. The van der Waals surface area contributed by atoms with E-state index in [0.29, 0.717) is 18.8 Å². The number of benzene rings is 1. The third-order valence-corrected chi connectivity index (χ3v) is 2.92. The van der Waals surface area contributed by atoms with Crippen molar-refractivity contribution in [2.24, 2.45) is 5.92 Å². The summed E-state index contributed by atoms with van der Waals surface area (Å²) in [6, 6.07) is 4.40. The summed E-state index contributed by atoms with van der Waals surface area (Å²) >= 11 is 0. The molecule has 1 aromatic carbocycles. The van der Waals surface area contributed by atoms with Crippen molar-refractivity contribution in [3.63, 3.8) is 0 Å². The second-order valence-corrected chi connectivity index (χ2v) is 4.76. The van der Waals surface area contributed by atoms with E-state index in [1.165, 1.54) is 12.1 Å². The zero-order valence-electron chi connectivity index (χ0n) is 11.6. The fraction of sp³-hybridized carbons (Fsp3) is 0.500. The van der Waals surface area contributed by atoms with Crippen LogP contribution in [-0.2, 0) is 4.74 Å². The van der Waals surface area contributed by atoms with Gasteiger partial charge in [-0.1, -0.05) is 13.8 Å². The fourth-order valence-electron chi connectivity index (χ4n) is 1.58. The van der Waals surface area contributed by atoms with Gasteiger partial charge in [-0.25, -0.2) is 0 Å². The molecule has 4 N–H and O–H groups in total. The Morgan fingerprint density at radius 1 is 1.47 bits per heavy atom. The zero-order chi connectivity index (χ0) is 14.4. The third kappa shape index (κ3) is 4.44. The highest BCUT2D eigenvalue weighted by Crippen LogP contribution is 2.20. The standard InChI is InChI=1S/C14H22N2O3/c1-4-19-8-12(9(2)3)16-14(18)10-5-6-11(15)13(17)7-10/h5-7,9,12,17H,4,8,15H2,1-3H3,(H,16,18). The van der Waals surface area contributed by atoms with Crippen molar-refractivity contribution >= 4 is 11.6 Å². The van der Waals surface area contributed by atoms with Crippen LogP contribution in [0.15, 0.2) is 18.2 Å².